The third-order valence-electron chi connectivity index (χ3n) is 3.17. The second kappa shape index (κ2) is 5.84. The average Bonchev–Trinajstić information content (AvgIpc) is 2.25. The van der Waals surface area contributed by atoms with Crippen molar-refractivity contribution in [1.82, 2.24) is 6.15 Å². The lowest BCUT2D eigenvalue weighted by molar-refractivity contribution is -0.880. The van der Waals surface area contributed by atoms with Gasteiger partial charge in [0.25, 0.3) is 0 Å². The van der Waals surface area contributed by atoms with Gasteiger partial charge in [0, 0.05) is 11.8 Å². The lowest BCUT2D eigenvalue weighted by Gasteiger charge is -2.23. The second-order valence-corrected chi connectivity index (χ2v) is 4.64. The van der Waals surface area contributed by atoms with Gasteiger partial charge in [-0.3, -0.25) is 0 Å². The summed E-state index contributed by atoms with van der Waals surface area (Å²) in [7, 11) is 4.72. The summed E-state index contributed by atoms with van der Waals surface area (Å²) in [5, 5.41) is 0. The molecule has 1 aliphatic heterocycles. The van der Waals surface area contributed by atoms with Gasteiger partial charge in [0.05, 0.1) is 27.2 Å². The lowest BCUT2D eigenvalue weighted by atomic mass is 9.92. The minimum atomic E-state index is 0. The van der Waals surface area contributed by atoms with Crippen LogP contribution >= 0.6 is 0 Å². The number of halogens is 1. The van der Waals surface area contributed by atoms with Crippen LogP contribution in [0.2, 0.25) is 0 Å². The fourth-order valence-electron chi connectivity index (χ4n) is 2.57. The molecule has 3 heteroatoms. The second-order valence-electron chi connectivity index (χ2n) is 4.64. The van der Waals surface area contributed by atoms with Crippen LogP contribution in [0, 0.1) is 11.8 Å². The van der Waals surface area contributed by atoms with Crippen LogP contribution in [0.3, 0.4) is 0 Å². The highest BCUT2D eigenvalue weighted by atomic mass is 35.5. The van der Waals surface area contributed by atoms with E-state index in [-0.39, 0.29) is 18.6 Å². The maximum Gasteiger partial charge on any atom is 0.0815 e. The van der Waals surface area contributed by atoms with Crippen LogP contribution in [0.1, 0.15) is 26.7 Å². The predicted molar refractivity (Wildman–Crippen MR) is 54.4 cm³/mol. The van der Waals surface area contributed by atoms with Crippen LogP contribution in [-0.2, 0) is 0 Å². The number of hydrogen-bond acceptors (Lipinski definition) is 1. The summed E-state index contributed by atoms with van der Waals surface area (Å²) in [5.74, 6) is 1.99. The smallest absolute Gasteiger partial charge is 0.0815 e. The first-order valence-electron chi connectivity index (χ1n) is 4.91. The topological polar surface area (TPSA) is 35.0 Å². The van der Waals surface area contributed by atoms with E-state index in [4.69, 9.17) is 0 Å². The third kappa shape index (κ3) is 3.84. The monoisotopic (exact) mass is 208 g/mol. The molecule has 0 aromatic carbocycles. The van der Waals surface area contributed by atoms with E-state index >= 15 is 0 Å². The van der Waals surface area contributed by atoms with Crippen LogP contribution in [0.15, 0.2) is 0 Å². The Kier molecular flexibility index (Phi) is 7.04. The maximum absolute atomic E-state index is 2.36. The van der Waals surface area contributed by atoms with Gasteiger partial charge in [-0.15, -0.1) is 0 Å². The molecule has 1 aliphatic rings. The van der Waals surface area contributed by atoms with E-state index in [0.29, 0.717) is 0 Å². The Morgan fingerprint density at radius 2 is 1.31 bits per heavy atom. The fraction of sp³-hybridized carbons (Fsp3) is 1.00. The van der Waals surface area contributed by atoms with Crippen LogP contribution in [0.4, 0.5) is 0 Å². The maximum atomic E-state index is 2.36. The van der Waals surface area contributed by atoms with Crippen LogP contribution < -0.4 is 18.6 Å². The van der Waals surface area contributed by atoms with Crippen molar-refractivity contribution in [2.45, 2.75) is 26.7 Å². The Morgan fingerprint density at radius 3 is 1.54 bits per heavy atom. The first kappa shape index (κ1) is 15.7. The summed E-state index contributed by atoms with van der Waals surface area (Å²) < 4.78 is 1.25. The standard InChI is InChI=1S/C10H22N.ClH.H3N/c1-5-9-7-11(3,4)8-10(9)6-2;;/h9-10H,5-8H2,1-4H3;1H;1H3/q+1;;/p-1. The van der Waals surface area contributed by atoms with E-state index in [2.05, 4.69) is 27.9 Å². The van der Waals surface area contributed by atoms with Gasteiger partial charge in [-0.05, 0) is 12.8 Å². The van der Waals surface area contributed by atoms with Crippen molar-refractivity contribution in [1.29, 1.82) is 0 Å². The predicted octanol–water partition coefficient (Wildman–Crippen LogP) is -0.705. The average molecular weight is 209 g/mol. The summed E-state index contributed by atoms with van der Waals surface area (Å²) in [4.78, 5) is 0. The summed E-state index contributed by atoms with van der Waals surface area (Å²) in [6, 6.07) is 0. The van der Waals surface area contributed by atoms with Gasteiger partial charge in [0.2, 0.25) is 0 Å². The zero-order valence-corrected chi connectivity index (χ0v) is 10.3. The summed E-state index contributed by atoms with van der Waals surface area (Å²) >= 11 is 0. The molecule has 0 aliphatic carbocycles. The molecule has 3 N–H and O–H groups in total. The summed E-state index contributed by atoms with van der Waals surface area (Å²) in [6.45, 7) is 7.46. The molecule has 2 unspecified atom stereocenters. The van der Waals surface area contributed by atoms with Crippen molar-refractivity contribution in [3.05, 3.63) is 0 Å². The number of hydrogen-bond donors (Lipinski definition) is 1. The van der Waals surface area contributed by atoms with Gasteiger partial charge >= 0.3 is 0 Å². The van der Waals surface area contributed by atoms with E-state index in [9.17, 15) is 0 Å². The molecule has 2 atom stereocenters. The highest BCUT2D eigenvalue weighted by molar-refractivity contribution is 4.73. The highest BCUT2D eigenvalue weighted by Crippen LogP contribution is 2.30. The molecule has 0 saturated carbocycles. The van der Waals surface area contributed by atoms with Gasteiger partial charge in [0.15, 0.2) is 0 Å². The zero-order valence-electron chi connectivity index (χ0n) is 9.52. The van der Waals surface area contributed by atoms with Crippen LogP contribution in [-0.4, -0.2) is 31.7 Å². The number of rotatable bonds is 2. The van der Waals surface area contributed by atoms with E-state index in [1.54, 1.807) is 0 Å². The van der Waals surface area contributed by atoms with Crippen molar-refractivity contribution >= 4 is 0 Å². The number of quaternary nitrogens is 1. The molecule has 1 rings (SSSR count). The van der Waals surface area contributed by atoms with Gasteiger partial charge < -0.3 is 23.0 Å². The molecule has 0 radical (unpaired) electrons. The molecule has 1 saturated heterocycles. The Morgan fingerprint density at radius 1 is 1.00 bits per heavy atom. The molecule has 0 bridgehead atoms. The van der Waals surface area contributed by atoms with Crippen molar-refractivity contribution in [2.75, 3.05) is 27.2 Å². The largest absolute Gasteiger partial charge is 1.00 e. The fourth-order valence-corrected chi connectivity index (χ4v) is 2.57. The summed E-state index contributed by atoms with van der Waals surface area (Å²) in [5.41, 5.74) is 0. The van der Waals surface area contributed by atoms with E-state index < -0.39 is 0 Å². The quantitative estimate of drug-likeness (QED) is 0.599. The SMILES string of the molecule is CCC1C[N+](C)(C)CC1CC.N.[Cl-]. The molecule has 1 fully saturated rings. The molecule has 2 nitrogen and oxygen atoms in total. The van der Waals surface area contributed by atoms with Gasteiger partial charge in [-0.2, -0.15) is 0 Å². The molecule has 0 amide bonds. The molecule has 0 aromatic rings. The Balaban J connectivity index is 0. The third-order valence-corrected chi connectivity index (χ3v) is 3.17. The normalized spacial score (nSPS) is 30.5. The minimum absolute atomic E-state index is 0. The molecule has 82 valence electrons. The first-order chi connectivity index (χ1) is 5.09. The molecule has 13 heavy (non-hydrogen) atoms. The molecule has 0 aromatic heterocycles. The number of nitrogens with zero attached hydrogens (tertiary/aromatic N) is 1. The molecular formula is C10H25ClN2. The highest BCUT2D eigenvalue weighted by Gasteiger charge is 2.37. The lowest BCUT2D eigenvalue weighted by Crippen LogP contribution is -3.00. The minimum Gasteiger partial charge on any atom is -1.00 e. The molecule has 1 heterocycles. The van der Waals surface area contributed by atoms with Crippen molar-refractivity contribution in [2.24, 2.45) is 11.8 Å². The van der Waals surface area contributed by atoms with Gasteiger partial charge in [-0.25, -0.2) is 0 Å². The van der Waals surface area contributed by atoms with Gasteiger partial charge in [-0.1, -0.05) is 13.8 Å². The summed E-state index contributed by atoms with van der Waals surface area (Å²) in [6.07, 6.45) is 2.75. The van der Waals surface area contributed by atoms with Crippen LogP contribution in [0.25, 0.3) is 0 Å². The van der Waals surface area contributed by atoms with Crippen molar-refractivity contribution in [3.8, 4) is 0 Å². The van der Waals surface area contributed by atoms with Crippen LogP contribution in [0.5, 0.6) is 0 Å². The van der Waals surface area contributed by atoms with Gasteiger partial charge in [0.1, 0.15) is 0 Å². The van der Waals surface area contributed by atoms with Crippen molar-refractivity contribution in [3.63, 3.8) is 0 Å². The van der Waals surface area contributed by atoms with E-state index in [0.717, 1.165) is 11.8 Å². The zero-order chi connectivity index (χ0) is 8.48. The van der Waals surface area contributed by atoms with E-state index in [1.165, 1.54) is 30.4 Å². The Hall–Kier alpha value is 0.210. The van der Waals surface area contributed by atoms with E-state index in [1.807, 2.05) is 0 Å². The van der Waals surface area contributed by atoms with Crippen molar-refractivity contribution < 1.29 is 16.9 Å². The molecular weight excluding hydrogens is 184 g/mol. The Bertz CT molecular complexity index is 123. The number of likely N-dealkylation sites (tertiary alicyclic amines) is 1. The first-order valence-corrected chi connectivity index (χ1v) is 4.91. The Labute approximate surface area is 89.3 Å². The molecule has 0 spiro atoms.